The third-order valence-corrected chi connectivity index (χ3v) is 3.67. The van der Waals surface area contributed by atoms with Crippen LogP contribution >= 0.6 is 11.6 Å². The van der Waals surface area contributed by atoms with Crippen LogP contribution in [-0.2, 0) is 6.42 Å². The molecule has 0 aromatic heterocycles. The Kier molecular flexibility index (Phi) is 3.53. The fourth-order valence-electron chi connectivity index (χ4n) is 2.57. The minimum Gasteiger partial charge on any atom is -0.396 e. The summed E-state index contributed by atoms with van der Waals surface area (Å²) in [5.41, 5.74) is 1.25. The van der Waals surface area contributed by atoms with Crippen molar-refractivity contribution in [1.29, 1.82) is 0 Å². The average molecular weight is 240 g/mol. The van der Waals surface area contributed by atoms with E-state index in [0.29, 0.717) is 0 Å². The zero-order chi connectivity index (χ0) is 11.6. The Hall–Kier alpha value is -0.570. The van der Waals surface area contributed by atoms with Crippen LogP contribution in [0.25, 0.3) is 0 Å². The van der Waals surface area contributed by atoms with Gasteiger partial charge in [0.25, 0.3) is 0 Å². The number of aliphatic hydroxyl groups is 1. The molecule has 1 aromatic rings. The Bertz CT molecular complexity index is 369. The van der Waals surface area contributed by atoms with Crippen molar-refractivity contribution in [2.24, 2.45) is 5.41 Å². The zero-order valence-electron chi connectivity index (χ0n) is 9.62. The number of benzene rings is 1. The summed E-state index contributed by atoms with van der Waals surface area (Å²) in [5.74, 6) is 0. The quantitative estimate of drug-likeness (QED) is 0.874. The topological polar surface area (TPSA) is 23.5 Å². The molecule has 0 radical (unpaired) electrons. The molecule has 0 bridgehead atoms. The summed E-state index contributed by atoms with van der Waals surface area (Å²) in [7, 11) is 2.11. The van der Waals surface area contributed by atoms with E-state index >= 15 is 0 Å². The van der Waals surface area contributed by atoms with Crippen molar-refractivity contribution in [1.82, 2.24) is 4.90 Å². The maximum atomic E-state index is 9.61. The molecule has 2 rings (SSSR count). The molecule has 1 unspecified atom stereocenters. The Morgan fingerprint density at radius 3 is 2.88 bits per heavy atom. The number of halogens is 1. The van der Waals surface area contributed by atoms with Gasteiger partial charge in [-0.05, 0) is 44.1 Å². The van der Waals surface area contributed by atoms with Crippen LogP contribution < -0.4 is 0 Å². The first kappa shape index (κ1) is 11.9. The normalized spacial score (nSPS) is 26.2. The first-order valence-corrected chi connectivity index (χ1v) is 6.05. The highest BCUT2D eigenvalue weighted by atomic mass is 35.5. The average Bonchev–Trinajstić information content (AvgIpc) is 2.61. The van der Waals surface area contributed by atoms with E-state index < -0.39 is 0 Å². The molecule has 1 aliphatic rings. The molecule has 1 aromatic carbocycles. The second kappa shape index (κ2) is 4.74. The van der Waals surface area contributed by atoms with E-state index in [2.05, 4.69) is 18.0 Å². The van der Waals surface area contributed by atoms with Crippen LogP contribution in [0.1, 0.15) is 12.0 Å². The van der Waals surface area contributed by atoms with E-state index in [9.17, 15) is 5.11 Å². The van der Waals surface area contributed by atoms with Crippen molar-refractivity contribution in [2.75, 3.05) is 26.7 Å². The van der Waals surface area contributed by atoms with Crippen molar-refractivity contribution in [3.63, 3.8) is 0 Å². The van der Waals surface area contributed by atoms with E-state index in [-0.39, 0.29) is 12.0 Å². The molecule has 16 heavy (non-hydrogen) atoms. The number of hydrogen-bond acceptors (Lipinski definition) is 2. The minimum atomic E-state index is 0.0272. The molecule has 1 N–H and O–H groups in total. The summed E-state index contributed by atoms with van der Waals surface area (Å²) < 4.78 is 0. The molecule has 2 nitrogen and oxygen atoms in total. The second-order valence-corrected chi connectivity index (χ2v) is 5.39. The van der Waals surface area contributed by atoms with Crippen molar-refractivity contribution >= 4 is 11.6 Å². The molecule has 0 spiro atoms. The second-order valence-electron chi connectivity index (χ2n) is 4.95. The molecule has 1 fully saturated rings. The van der Waals surface area contributed by atoms with Gasteiger partial charge in [-0.3, -0.25) is 0 Å². The molecule has 3 heteroatoms. The summed E-state index contributed by atoms with van der Waals surface area (Å²) >= 11 is 5.97. The van der Waals surface area contributed by atoms with Gasteiger partial charge in [0, 0.05) is 17.0 Å². The third kappa shape index (κ3) is 2.57. The van der Waals surface area contributed by atoms with E-state index in [1.807, 2.05) is 18.2 Å². The van der Waals surface area contributed by atoms with E-state index in [0.717, 1.165) is 31.0 Å². The molecule has 0 amide bonds. The first-order chi connectivity index (χ1) is 7.63. The van der Waals surface area contributed by atoms with Gasteiger partial charge in [-0.2, -0.15) is 0 Å². The predicted octanol–water partition coefficient (Wildman–Crippen LogP) is 2.20. The van der Waals surface area contributed by atoms with Crippen LogP contribution in [0, 0.1) is 5.41 Å². The lowest BCUT2D eigenvalue weighted by atomic mass is 9.81. The van der Waals surface area contributed by atoms with E-state index in [1.165, 1.54) is 5.56 Å². The summed E-state index contributed by atoms with van der Waals surface area (Å²) in [6.07, 6.45) is 1.97. The highest BCUT2D eigenvalue weighted by Crippen LogP contribution is 2.33. The van der Waals surface area contributed by atoms with Crippen molar-refractivity contribution in [3.05, 3.63) is 34.9 Å². The number of aliphatic hydroxyl groups excluding tert-OH is 1. The minimum absolute atomic E-state index is 0.0272. The van der Waals surface area contributed by atoms with Gasteiger partial charge in [0.15, 0.2) is 0 Å². The maximum absolute atomic E-state index is 9.61. The van der Waals surface area contributed by atoms with Gasteiger partial charge >= 0.3 is 0 Å². The van der Waals surface area contributed by atoms with Gasteiger partial charge < -0.3 is 10.0 Å². The van der Waals surface area contributed by atoms with Crippen molar-refractivity contribution < 1.29 is 5.11 Å². The molecule has 1 aliphatic heterocycles. The highest BCUT2D eigenvalue weighted by molar-refractivity contribution is 6.30. The summed E-state index contributed by atoms with van der Waals surface area (Å²) in [5, 5.41) is 10.4. The van der Waals surface area contributed by atoms with Crippen molar-refractivity contribution in [3.8, 4) is 0 Å². The largest absolute Gasteiger partial charge is 0.396 e. The highest BCUT2D eigenvalue weighted by Gasteiger charge is 2.36. The van der Waals surface area contributed by atoms with Crippen LogP contribution in [-0.4, -0.2) is 36.8 Å². The molecule has 1 heterocycles. The maximum Gasteiger partial charge on any atom is 0.0503 e. The molecule has 88 valence electrons. The standard InChI is InChI=1S/C13H18ClNO/c1-15-6-5-13(9-15,10-16)8-11-3-2-4-12(14)7-11/h2-4,7,16H,5-6,8-10H2,1H3. The predicted molar refractivity (Wildman–Crippen MR) is 66.8 cm³/mol. The van der Waals surface area contributed by atoms with Crippen molar-refractivity contribution in [2.45, 2.75) is 12.8 Å². The van der Waals surface area contributed by atoms with Gasteiger partial charge in [0.05, 0.1) is 6.61 Å². The zero-order valence-corrected chi connectivity index (χ0v) is 10.4. The Balaban J connectivity index is 2.13. The van der Waals surface area contributed by atoms with E-state index in [1.54, 1.807) is 0 Å². The van der Waals surface area contributed by atoms with Crippen LogP contribution in [0.15, 0.2) is 24.3 Å². The summed E-state index contributed by atoms with van der Waals surface area (Å²) in [6, 6.07) is 7.94. The first-order valence-electron chi connectivity index (χ1n) is 5.67. The SMILES string of the molecule is CN1CCC(CO)(Cc2cccc(Cl)c2)C1. The fraction of sp³-hybridized carbons (Fsp3) is 0.538. The molecule has 1 saturated heterocycles. The van der Waals surface area contributed by atoms with Crippen LogP contribution in [0.2, 0.25) is 5.02 Å². The lowest BCUT2D eigenvalue weighted by Crippen LogP contribution is -2.31. The molecule has 0 saturated carbocycles. The number of nitrogens with zero attached hydrogens (tertiary/aromatic N) is 1. The van der Waals surface area contributed by atoms with Crippen LogP contribution in [0.5, 0.6) is 0 Å². The Morgan fingerprint density at radius 2 is 2.31 bits per heavy atom. The fourth-order valence-corrected chi connectivity index (χ4v) is 2.78. The van der Waals surface area contributed by atoms with Crippen LogP contribution in [0.3, 0.4) is 0 Å². The number of likely N-dealkylation sites (tertiary alicyclic amines) is 1. The van der Waals surface area contributed by atoms with Crippen LogP contribution in [0.4, 0.5) is 0 Å². The Morgan fingerprint density at radius 1 is 1.50 bits per heavy atom. The summed E-state index contributed by atoms with van der Waals surface area (Å²) in [6.45, 7) is 2.29. The van der Waals surface area contributed by atoms with E-state index in [4.69, 9.17) is 11.6 Å². The Labute approximate surface area is 102 Å². The van der Waals surface area contributed by atoms with Gasteiger partial charge in [-0.1, -0.05) is 23.7 Å². The molecular weight excluding hydrogens is 222 g/mol. The molecular formula is C13H18ClNO. The number of hydrogen-bond donors (Lipinski definition) is 1. The smallest absolute Gasteiger partial charge is 0.0503 e. The monoisotopic (exact) mass is 239 g/mol. The summed E-state index contributed by atoms with van der Waals surface area (Å²) in [4.78, 5) is 2.28. The number of rotatable bonds is 3. The van der Waals surface area contributed by atoms with Gasteiger partial charge in [-0.15, -0.1) is 0 Å². The van der Waals surface area contributed by atoms with Gasteiger partial charge in [0.2, 0.25) is 0 Å². The molecule has 0 aliphatic carbocycles. The molecule has 1 atom stereocenters. The third-order valence-electron chi connectivity index (χ3n) is 3.43. The van der Waals surface area contributed by atoms with Gasteiger partial charge in [-0.25, -0.2) is 0 Å². The lowest BCUT2D eigenvalue weighted by Gasteiger charge is -2.26. The van der Waals surface area contributed by atoms with Gasteiger partial charge in [0.1, 0.15) is 0 Å². The lowest BCUT2D eigenvalue weighted by molar-refractivity contribution is 0.132.